The van der Waals surface area contributed by atoms with Crippen molar-refractivity contribution in [3.05, 3.63) is 62.1 Å². The van der Waals surface area contributed by atoms with Crippen LogP contribution in [0, 0.1) is 10.1 Å². The molecule has 1 aromatic heterocycles. The quantitative estimate of drug-likeness (QED) is 0.515. The Hall–Kier alpha value is -3.00. The number of nitrogens with one attached hydrogen (secondary N) is 1. The number of ketones is 1. The number of aliphatic imine (C=N–C) groups is 1. The number of nitro groups is 1. The number of rotatable bonds is 2. The van der Waals surface area contributed by atoms with E-state index in [0.29, 0.717) is 22.2 Å². The molecule has 1 aliphatic heterocycles. The third-order valence-electron chi connectivity index (χ3n) is 3.88. The smallest absolute Gasteiger partial charge is 0.285 e. The number of Topliss-reactive ketones (excluding diaryl/α,β-unsaturated/α-hetero) is 1. The SMILES string of the molecule is O=C1C(c2c(O)[nH]c3cc([N+](=O)[O-])c(Br)cc23)=Nc2ccccc21. The van der Waals surface area contributed by atoms with Crippen molar-refractivity contribution < 1.29 is 14.8 Å². The van der Waals surface area contributed by atoms with E-state index in [0.717, 1.165) is 0 Å². The summed E-state index contributed by atoms with van der Waals surface area (Å²) in [6, 6.07) is 9.69. The summed E-state index contributed by atoms with van der Waals surface area (Å²) in [6.07, 6.45) is 0. The van der Waals surface area contributed by atoms with Gasteiger partial charge in [0.25, 0.3) is 5.69 Å². The molecule has 0 spiro atoms. The van der Waals surface area contributed by atoms with Crippen molar-refractivity contribution in [1.29, 1.82) is 0 Å². The molecule has 2 N–H and O–H groups in total. The first kappa shape index (κ1) is 14.6. The van der Waals surface area contributed by atoms with Crippen LogP contribution in [0.4, 0.5) is 11.4 Å². The van der Waals surface area contributed by atoms with Gasteiger partial charge in [-0.1, -0.05) is 12.1 Å². The molecule has 0 amide bonds. The number of benzene rings is 2. The van der Waals surface area contributed by atoms with Crippen molar-refractivity contribution in [2.24, 2.45) is 4.99 Å². The average molecular weight is 386 g/mol. The number of para-hydroxylation sites is 1. The van der Waals surface area contributed by atoms with Gasteiger partial charge in [-0.2, -0.15) is 0 Å². The fourth-order valence-corrected chi connectivity index (χ4v) is 3.29. The number of H-pyrrole nitrogens is 1. The van der Waals surface area contributed by atoms with Gasteiger partial charge in [-0.05, 0) is 34.1 Å². The molecule has 0 bridgehead atoms. The maximum Gasteiger partial charge on any atom is 0.285 e. The van der Waals surface area contributed by atoms with E-state index in [1.807, 2.05) is 0 Å². The van der Waals surface area contributed by atoms with Gasteiger partial charge in [0, 0.05) is 17.0 Å². The average Bonchev–Trinajstić information content (AvgIpc) is 3.03. The number of nitro benzene ring substituents is 1. The van der Waals surface area contributed by atoms with Crippen LogP contribution < -0.4 is 0 Å². The normalized spacial score (nSPS) is 13.2. The number of fused-ring (bicyclic) bond motifs is 2. The van der Waals surface area contributed by atoms with Gasteiger partial charge >= 0.3 is 0 Å². The molecule has 0 saturated carbocycles. The molecule has 0 aliphatic carbocycles. The minimum absolute atomic E-state index is 0.112. The van der Waals surface area contributed by atoms with Crippen molar-refractivity contribution in [1.82, 2.24) is 4.98 Å². The lowest BCUT2D eigenvalue weighted by molar-refractivity contribution is -0.385. The fraction of sp³-hybridized carbons (Fsp3) is 0. The van der Waals surface area contributed by atoms with Crippen molar-refractivity contribution >= 4 is 49.7 Å². The Labute approximate surface area is 142 Å². The van der Waals surface area contributed by atoms with Gasteiger partial charge < -0.3 is 10.1 Å². The van der Waals surface area contributed by atoms with Gasteiger partial charge in [0.2, 0.25) is 5.78 Å². The molecular formula is C16H8BrN3O4. The Morgan fingerprint density at radius 3 is 2.71 bits per heavy atom. The molecule has 1 aliphatic rings. The largest absolute Gasteiger partial charge is 0.494 e. The standard InChI is InChI=1S/C16H8BrN3O4/c17-9-5-8-11(6-12(9)20(23)24)19-16(22)13(8)14-15(21)7-3-1-2-4-10(7)18-14/h1-6,19,22H. The Balaban J connectivity index is 1.96. The molecule has 2 heterocycles. The number of carbonyl (C=O) groups excluding carboxylic acids is 1. The lowest BCUT2D eigenvalue weighted by atomic mass is 10.0. The highest BCUT2D eigenvalue weighted by Crippen LogP contribution is 2.38. The monoisotopic (exact) mass is 385 g/mol. The number of hydrogen-bond donors (Lipinski definition) is 2. The predicted molar refractivity (Wildman–Crippen MR) is 91.3 cm³/mol. The number of aromatic amines is 1. The third kappa shape index (κ3) is 1.96. The van der Waals surface area contributed by atoms with E-state index in [9.17, 15) is 20.0 Å². The maximum atomic E-state index is 12.6. The summed E-state index contributed by atoms with van der Waals surface area (Å²) in [4.78, 5) is 30.1. The molecule has 24 heavy (non-hydrogen) atoms. The van der Waals surface area contributed by atoms with E-state index in [1.165, 1.54) is 12.1 Å². The molecule has 118 valence electrons. The van der Waals surface area contributed by atoms with Crippen molar-refractivity contribution in [2.45, 2.75) is 0 Å². The van der Waals surface area contributed by atoms with E-state index in [1.54, 1.807) is 24.3 Å². The molecule has 7 nitrogen and oxygen atoms in total. The summed E-state index contributed by atoms with van der Waals surface area (Å²) in [5.74, 6) is -0.548. The van der Waals surface area contributed by atoms with Crippen molar-refractivity contribution in [2.75, 3.05) is 0 Å². The molecule has 0 fully saturated rings. The van der Waals surface area contributed by atoms with E-state index in [4.69, 9.17) is 0 Å². The lowest BCUT2D eigenvalue weighted by Crippen LogP contribution is -2.10. The van der Waals surface area contributed by atoms with Crippen LogP contribution in [0.25, 0.3) is 10.9 Å². The van der Waals surface area contributed by atoms with Crippen molar-refractivity contribution in [3.63, 3.8) is 0 Å². The number of hydrogen-bond acceptors (Lipinski definition) is 5. The minimum atomic E-state index is -0.533. The molecule has 8 heteroatoms. The fourth-order valence-electron chi connectivity index (χ4n) is 2.80. The molecule has 4 rings (SSSR count). The van der Waals surface area contributed by atoms with E-state index >= 15 is 0 Å². The van der Waals surface area contributed by atoms with Crippen LogP contribution >= 0.6 is 15.9 Å². The summed E-state index contributed by atoms with van der Waals surface area (Å²) >= 11 is 3.15. The van der Waals surface area contributed by atoms with Crippen molar-refractivity contribution in [3.8, 4) is 5.88 Å². The Morgan fingerprint density at radius 1 is 1.25 bits per heavy atom. The highest BCUT2D eigenvalue weighted by Gasteiger charge is 2.30. The van der Waals surface area contributed by atoms with E-state index in [2.05, 4.69) is 25.9 Å². The molecule has 0 unspecified atom stereocenters. The van der Waals surface area contributed by atoms with Crippen LogP contribution in [0.2, 0.25) is 0 Å². The summed E-state index contributed by atoms with van der Waals surface area (Å²) < 4.78 is 0.254. The van der Waals surface area contributed by atoms with Crippen LogP contribution in [-0.4, -0.2) is 26.5 Å². The van der Waals surface area contributed by atoms with Crippen LogP contribution in [0.5, 0.6) is 5.88 Å². The zero-order valence-corrected chi connectivity index (χ0v) is 13.5. The van der Waals surface area contributed by atoms with Crippen LogP contribution in [0.15, 0.2) is 45.9 Å². The summed E-state index contributed by atoms with van der Waals surface area (Å²) in [5, 5.41) is 21.8. The first-order valence-corrected chi connectivity index (χ1v) is 7.68. The van der Waals surface area contributed by atoms with Gasteiger partial charge in [-0.3, -0.25) is 14.9 Å². The molecule has 2 aromatic carbocycles. The lowest BCUT2D eigenvalue weighted by Gasteiger charge is -2.00. The van der Waals surface area contributed by atoms with Gasteiger partial charge in [0.1, 0.15) is 5.71 Å². The first-order chi connectivity index (χ1) is 11.5. The number of aromatic hydroxyl groups is 1. The predicted octanol–water partition coefficient (Wildman–Crippen LogP) is 3.86. The van der Waals surface area contributed by atoms with Gasteiger partial charge in [-0.15, -0.1) is 0 Å². The highest BCUT2D eigenvalue weighted by atomic mass is 79.9. The van der Waals surface area contributed by atoms with E-state index < -0.39 is 4.92 Å². The summed E-state index contributed by atoms with van der Waals surface area (Å²) in [5.41, 5.74) is 1.55. The highest BCUT2D eigenvalue weighted by molar-refractivity contribution is 9.10. The summed E-state index contributed by atoms with van der Waals surface area (Å²) in [6.45, 7) is 0. The van der Waals surface area contributed by atoms with Gasteiger partial charge in [0.15, 0.2) is 5.88 Å². The zero-order valence-electron chi connectivity index (χ0n) is 11.9. The number of halogens is 1. The third-order valence-corrected chi connectivity index (χ3v) is 4.51. The van der Waals surface area contributed by atoms with Crippen LogP contribution in [0.1, 0.15) is 15.9 Å². The second-order valence-corrected chi connectivity index (χ2v) is 6.12. The van der Waals surface area contributed by atoms with Crippen LogP contribution in [0.3, 0.4) is 0 Å². The van der Waals surface area contributed by atoms with Gasteiger partial charge in [0.05, 0.1) is 26.2 Å². The van der Waals surface area contributed by atoms with E-state index in [-0.39, 0.29) is 33.1 Å². The second kappa shape index (κ2) is 5.00. The molecule has 3 aromatic rings. The molecule has 0 atom stereocenters. The molecular weight excluding hydrogens is 378 g/mol. The first-order valence-electron chi connectivity index (χ1n) is 6.88. The van der Waals surface area contributed by atoms with Gasteiger partial charge in [-0.25, -0.2) is 4.99 Å². The minimum Gasteiger partial charge on any atom is -0.494 e. The zero-order chi connectivity index (χ0) is 17.0. The molecule has 0 radical (unpaired) electrons. The Kier molecular flexibility index (Phi) is 3.04. The number of carbonyl (C=O) groups is 1. The van der Waals surface area contributed by atoms with Crippen LogP contribution in [-0.2, 0) is 0 Å². The second-order valence-electron chi connectivity index (χ2n) is 5.26. The topological polar surface area (TPSA) is 109 Å². The number of aromatic nitrogens is 1. The molecule has 0 saturated heterocycles. The summed E-state index contributed by atoms with van der Waals surface area (Å²) in [7, 11) is 0. The Bertz CT molecular complexity index is 1080. The maximum absolute atomic E-state index is 12.6. The Morgan fingerprint density at radius 2 is 2.00 bits per heavy atom. The number of nitrogens with zero attached hydrogens (tertiary/aromatic N) is 2.